The first-order valence-electron chi connectivity index (χ1n) is 6.51. The Hall–Kier alpha value is -2.15. The number of anilines is 2. The number of aromatic nitrogens is 4. The molecule has 0 unspecified atom stereocenters. The normalized spacial score (nSPS) is 11.0. The van der Waals surface area contributed by atoms with Crippen molar-refractivity contribution in [1.29, 1.82) is 0 Å². The molecule has 3 N–H and O–H groups in total. The Bertz CT molecular complexity index is 811. The minimum absolute atomic E-state index is 0.517. The average molecular weight is 347 g/mol. The second-order valence-electron chi connectivity index (χ2n) is 4.86. The minimum atomic E-state index is 0.517. The molecular formula is C14H15BrN6. The van der Waals surface area contributed by atoms with Gasteiger partial charge in [-0.1, -0.05) is 0 Å². The third kappa shape index (κ3) is 2.69. The smallest absolute Gasteiger partial charge is 0.172 e. The molecule has 0 saturated heterocycles. The van der Waals surface area contributed by atoms with Crippen LogP contribution in [0.4, 0.5) is 11.6 Å². The van der Waals surface area contributed by atoms with E-state index in [1.54, 1.807) is 10.7 Å². The van der Waals surface area contributed by atoms with Gasteiger partial charge in [-0.15, -0.1) is 0 Å². The van der Waals surface area contributed by atoms with Gasteiger partial charge in [0, 0.05) is 24.5 Å². The largest absolute Gasteiger partial charge is 0.384 e. The van der Waals surface area contributed by atoms with Gasteiger partial charge < -0.3 is 11.1 Å². The van der Waals surface area contributed by atoms with Gasteiger partial charge in [-0.05, 0) is 47.5 Å². The third-order valence-electron chi connectivity index (χ3n) is 3.14. The number of hydrogen-bond donors (Lipinski definition) is 2. The van der Waals surface area contributed by atoms with Gasteiger partial charge in [0.1, 0.15) is 11.6 Å². The number of fused-ring (bicyclic) bond motifs is 1. The van der Waals surface area contributed by atoms with Crippen LogP contribution in [-0.2, 0) is 6.54 Å². The van der Waals surface area contributed by atoms with Crippen LogP contribution in [0.25, 0.3) is 5.65 Å². The van der Waals surface area contributed by atoms with Gasteiger partial charge in [0.15, 0.2) is 5.65 Å². The van der Waals surface area contributed by atoms with Crippen LogP contribution < -0.4 is 11.1 Å². The van der Waals surface area contributed by atoms with Crippen molar-refractivity contribution in [2.45, 2.75) is 20.4 Å². The van der Waals surface area contributed by atoms with E-state index in [0.717, 1.165) is 32.9 Å². The molecule has 3 heterocycles. The van der Waals surface area contributed by atoms with Crippen LogP contribution in [0.5, 0.6) is 0 Å². The maximum absolute atomic E-state index is 5.69. The Morgan fingerprint density at radius 3 is 2.90 bits per heavy atom. The van der Waals surface area contributed by atoms with Crippen molar-refractivity contribution in [2.24, 2.45) is 0 Å². The fraction of sp³-hybridized carbons (Fsp3) is 0.214. The first-order chi connectivity index (χ1) is 10.0. The van der Waals surface area contributed by atoms with E-state index >= 15 is 0 Å². The highest BCUT2D eigenvalue weighted by molar-refractivity contribution is 9.10. The molecule has 0 bridgehead atoms. The number of rotatable bonds is 3. The number of hydrogen-bond acceptors (Lipinski definition) is 5. The topological polar surface area (TPSA) is 81.1 Å². The van der Waals surface area contributed by atoms with E-state index in [-0.39, 0.29) is 0 Å². The highest BCUT2D eigenvalue weighted by atomic mass is 79.9. The minimum Gasteiger partial charge on any atom is -0.384 e. The van der Waals surface area contributed by atoms with E-state index in [9.17, 15) is 0 Å². The maximum atomic E-state index is 5.69. The molecule has 6 nitrogen and oxygen atoms in total. The molecule has 0 atom stereocenters. The standard InChI is InChI=1S/C14H15BrN6/c1-8-5-12(18-7-10-3-4-17-11(16)6-10)21-14(19-8)13(15)9(2)20-21/h3-6,18H,7H2,1-2H3,(H2,16,17). The molecule has 0 aliphatic heterocycles. The monoisotopic (exact) mass is 346 g/mol. The van der Waals surface area contributed by atoms with E-state index in [1.165, 1.54) is 0 Å². The van der Waals surface area contributed by atoms with E-state index < -0.39 is 0 Å². The lowest BCUT2D eigenvalue weighted by Crippen LogP contribution is -2.07. The molecule has 3 rings (SSSR count). The molecule has 0 aromatic carbocycles. The van der Waals surface area contributed by atoms with Crippen LogP contribution in [0.15, 0.2) is 28.9 Å². The van der Waals surface area contributed by atoms with Crippen LogP contribution in [-0.4, -0.2) is 19.6 Å². The number of nitrogen functional groups attached to an aromatic ring is 1. The Labute approximate surface area is 130 Å². The number of nitrogens with one attached hydrogen (secondary N) is 1. The summed E-state index contributed by atoms with van der Waals surface area (Å²) in [6.07, 6.45) is 1.70. The summed E-state index contributed by atoms with van der Waals surface area (Å²) in [5.74, 6) is 1.41. The molecule has 21 heavy (non-hydrogen) atoms. The van der Waals surface area contributed by atoms with Crippen molar-refractivity contribution in [2.75, 3.05) is 11.1 Å². The molecule has 0 radical (unpaired) electrons. The van der Waals surface area contributed by atoms with E-state index in [0.29, 0.717) is 12.4 Å². The first-order valence-corrected chi connectivity index (χ1v) is 7.30. The van der Waals surface area contributed by atoms with E-state index in [2.05, 4.69) is 36.3 Å². The van der Waals surface area contributed by atoms with E-state index in [1.807, 2.05) is 32.0 Å². The molecule has 0 saturated carbocycles. The zero-order valence-corrected chi connectivity index (χ0v) is 13.3. The van der Waals surface area contributed by atoms with Gasteiger partial charge in [0.2, 0.25) is 0 Å². The van der Waals surface area contributed by atoms with Gasteiger partial charge in [0.25, 0.3) is 0 Å². The first kappa shape index (κ1) is 13.8. The van der Waals surface area contributed by atoms with Crippen molar-refractivity contribution < 1.29 is 0 Å². The van der Waals surface area contributed by atoms with Crippen LogP contribution in [0, 0.1) is 13.8 Å². The zero-order valence-electron chi connectivity index (χ0n) is 11.8. The fourth-order valence-electron chi connectivity index (χ4n) is 2.14. The van der Waals surface area contributed by atoms with Crippen molar-refractivity contribution in [3.8, 4) is 0 Å². The van der Waals surface area contributed by atoms with Crippen LogP contribution in [0.1, 0.15) is 17.0 Å². The summed E-state index contributed by atoms with van der Waals surface area (Å²) >= 11 is 3.53. The Kier molecular flexibility index (Phi) is 3.50. The lowest BCUT2D eigenvalue weighted by atomic mass is 10.2. The second-order valence-corrected chi connectivity index (χ2v) is 5.65. The highest BCUT2D eigenvalue weighted by Gasteiger charge is 2.11. The fourth-order valence-corrected chi connectivity index (χ4v) is 2.48. The summed E-state index contributed by atoms with van der Waals surface area (Å²) < 4.78 is 2.72. The van der Waals surface area contributed by atoms with Gasteiger partial charge >= 0.3 is 0 Å². The molecule has 0 amide bonds. The Morgan fingerprint density at radius 1 is 1.33 bits per heavy atom. The molecule has 0 spiro atoms. The van der Waals surface area contributed by atoms with Gasteiger partial charge in [-0.25, -0.2) is 9.97 Å². The zero-order chi connectivity index (χ0) is 15.0. The summed E-state index contributed by atoms with van der Waals surface area (Å²) in [7, 11) is 0. The maximum Gasteiger partial charge on any atom is 0.172 e. The number of nitrogens with zero attached hydrogens (tertiary/aromatic N) is 4. The summed E-state index contributed by atoms with van der Waals surface area (Å²) in [4.78, 5) is 8.50. The quantitative estimate of drug-likeness (QED) is 0.761. The van der Waals surface area contributed by atoms with E-state index in [4.69, 9.17) is 5.73 Å². The van der Waals surface area contributed by atoms with Crippen LogP contribution in [0.3, 0.4) is 0 Å². The molecule has 3 aromatic heterocycles. The lowest BCUT2D eigenvalue weighted by molar-refractivity contribution is 0.899. The lowest BCUT2D eigenvalue weighted by Gasteiger charge is -2.09. The van der Waals surface area contributed by atoms with Crippen LogP contribution in [0.2, 0.25) is 0 Å². The summed E-state index contributed by atoms with van der Waals surface area (Å²) in [6.45, 7) is 4.55. The van der Waals surface area contributed by atoms with Crippen LogP contribution >= 0.6 is 15.9 Å². The molecule has 108 valence electrons. The number of halogens is 1. The molecule has 0 aliphatic carbocycles. The summed E-state index contributed by atoms with van der Waals surface area (Å²) in [5.41, 5.74) is 9.40. The molecule has 7 heteroatoms. The second kappa shape index (κ2) is 5.33. The van der Waals surface area contributed by atoms with Gasteiger partial charge in [-0.3, -0.25) is 0 Å². The number of aryl methyl sites for hydroxylation is 2. The van der Waals surface area contributed by atoms with Crippen molar-refractivity contribution >= 4 is 33.2 Å². The number of pyridine rings is 1. The van der Waals surface area contributed by atoms with Gasteiger partial charge in [-0.2, -0.15) is 9.61 Å². The molecule has 3 aromatic rings. The highest BCUT2D eigenvalue weighted by Crippen LogP contribution is 2.24. The number of nitrogens with two attached hydrogens (primary N) is 1. The SMILES string of the molecule is Cc1cc(NCc2ccnc(N)c2)n2nc(C)c(Br)c2n1. The predicted molar refractivity (Wildman–Crippen MR) is 86.1 cm³/mol. The van der Waals surface area contributed by atoms with Gasteiger partial charge in [0.05, 0.1) is 10.2 Å². The molecule has 0 aliphatic rings. The molecule has 0 fully saturated rings. The summed E-state index contributed by atoms with van der Waals surface area (Å²) in [6, 6.07) is 5.75. The Balaban J connectivity index is 1.95. The Morgan fingerprint density at radius 2 is 2.14 bits per heavy atom. The third-order valence-corrected chi connectivity index (χ3v) is 4.07. The summed E-state index contributed by atoms with van der Waals surface area (Å²) in [5, 5.41) is 7.86. The van der Waals surface area contributed by atoms with Crippen molar-refractivity contribution in [1.82, 2.24) is 19.6 Å². The van der Waals surface area contributed by atoms with Crippen molar-refractivity contribution in [3.05, 3.63) is 45.8 Å². The van der Waals surface area contributed by atoms with Crippen molar-refractivity contribution in [3.63, 3.8) is 0 Å². The molecular weight excluding hydrogens is 332 g/mol. The average Bonchev–Trinajstić information content (AvgIpc) is 2.73. The predicted octanol–water partition coefficient (Wildman–Crippen LogP) is 2.70.